The maximum Gasteiger partial charge on any atom is 0.149 e. The van der Waals surface area contributed by atoms with Crippen molar-refractivity contribution < 1.29 is 8.42 Å². The molecule has 1 unspecified atom stereocenters. The molecule has 1 rings (SSSR count). The van der Waals surface area contributed by atoms with Crippen molar-refractivity contribution in [2.24, 2.45) is 5.73 Å². The summed E-state index contributed by atoms with van der Waals surface area (Å²) in [6.45, 7) is 2.38. The minimum atomic E-state index is -2.93. The van der Waals surface area contributed by atoms with E-state index in [2.05, 4.69) is 5.10 Å². The first-order chi connectivity index (χ1) is 6.92. The molecule has 0 aliphatic heterocycles. The lowest BCUT2D eigenvalue weighted by Gasteiger charge is -2.03. The van der Waals surface area contributed by atoms with Crippen molar-refractivity contribution in [1.29, 1.82) is 0 Å². The van der Waals surface area contributed by atoms with Crippen LogP contribution in [0.5, 0.6) is 0 Å². The van der Waals surface area contributed by atoms with E-state index in [-0.39, 0.29) is 11.8 Å². The van der Waals surface area contributed by atoms with Crippen molar-refractivity contribution >= 4 is 9.84 Å². The molecule has 0 saturated carbocycles. The molecule has 6 heteroatoms. The van der Waals surface area contributed by atoms with Gasteiger partial charge >= 0.3 is 0 Å². The van der Waals surface area contributed by atoms with Crippen LogP contribution in [0.2, 0.25) is 0 Å². The summed E-state index contributed by atoms with van der Waals surface area (Å²) in [7, 11) is -2.93. The van der Waals surface area contributed by atoms with E-state index in [0.717, 1.165) is 12.0 Å². The van der Waals surface area contributed by atoms with Crippen molar-refractivity contribution in [3.8, 4) is 0 Å². The van der Waals surface area contributed by atoms with Gasteiger partial charge in [0.25, 0.3) is 0 Å². The summed E-state index contributed by atoms with van der Waals surface area (Å²) in [6.07, 6.45) is 5.56. The third-order valence-corrected chi connectivity index (χ3v) is 3.14. The predicted molar refractivity (Wildman–Crippen MR) is 59.2 cm³/mol. The Bertz CT molecular complexity index is 411. The fourth-order valence-electron chi connectivity index (χ4n) is 1.19. The Morgan fingerprint density at radius 2 is 2.27 bits per heavy atom. The van der Waals surface area contributed by atoms with Crippen LogP contribution in [0.3, 0.4) is 0 Å². The van der Waals surface area contributed by atoms with Gasteiger partial charge in [0.2, 0.25) is 0 Å². The molecule has 0 aliphatic carbocycles. The van der Waals surface area contributed by atoms with E-state index in [4.69, 9.17) is 5.73 Å². The average Bonchev–Trinajstić information content (AvgIpc) is 2.61. The van der Waals surface area contributed by atoms with E-state index < -0.39 is 9.84 Å². The fourth-order valence-corrected chi connectivity index (χ4v) is 1.71. The summed E-state index contributed by atoms with van der Waals surface area (Å²) < 4.78 is 23.5. The highest BCUT2D eigenvalue weighted by Gasteiger charge is 2.07. The summed E-state index contributed by atoms with van der Waals surface area (Å²) in [5.74, 6) is 0.107. The summed E-state index contributed by atoms with van der Waals surface area (Å²) in [6, 6.07) is -0.0167. The summed E-state index contributed by atoms with van der Waals surface area (Å²) in [5.41, 5.74) is 6.77. The van der Waals surface area contributed by atoms with Crippen molar-refractivity contribution in [3.63, 3.8) is 0 Å². The molecule has 0 aliphatic rings. The standard InChI is InChI=1S/C9H17N3O2S/c1-3-9(10)8-6-11-12(7-8)4-5-15(2,13)14/h6-7,9H,3-5,10H2,1-2H3. The summed E-state index contributed by atoms with van der Waals surface area (Å²) in [4.78, 5) is 0. The van der Waals surface area contributed by atoms with Gasteiger partial charge in [-0.1, -0.05) is 6.92 Å². The van der Waals surface area contributed by atoms with Gasteiger partial charge in [-0.15, -0.1) is 0 Å². The van der Waals surface area contributed by atoms with Crippen molar-refractivity contribution in [2.75, 3.05) is 12.0 Å². The van der Waals surface area contributed by atoms with E-state index in [0.29, 0.717) is 6.54 Å². The molecule has 0 aromatic carbocycles. The molecular weight excluding hydrogens is 214 g/mol. The van der Waals surface area contributed by atoms with Gasteiger partial charge in [0.1, 0.15) is 9.84 Å². The molecule has 0 saturated heterocycles. The van der Waals surface area contributed by atoms with E-state index >= 15 is 0 Å². The monoisotopic (exact) mass is 231 g/mol. The van der Waals surface area contributed by atoms with Crippen LogP contribution in [0.15, 0.2) is 12.4 Å². The number of aryl methyl sites for hydroxylation is 1. The first kappa shape index (κ1) is 12.2. The number of rotatable bonds is 5. The lowest BCUT2D eigenvalue weighted by atomic mass is 10.1. The largest absolute Gasteiger partial charge is 0.324 e. The molecule has 1 heterocycles. The molecule has 15 heavy (non-hydrogen) atoms. The second-order valence-corrected chi connectivity index (χ2v) is 5.94. The lowest BCUT2D eigenvalue weighted by Crippen LogP contribution is -2.11. The molecule has 0 bridgehead atoms. The Kier molecular flexibility index (Phi) is 3.87. The Hall–Kier alpha value is -0.880. The van der Waals surface area contributed by atoms with Gasteiger partial charge in [0, 0.05) is 24.1 Å². The van der Waals surface area contributed by atoms with E-state index in [1.54, 1.807) is 17.1 Å². The Morgan fingerprint density at radius 3 is 2.80 bits per heavy atom. The molecular formula is C9H17N3O2S. The number of aromatic nitrogens is 2. The maximum absolute atomic E-state index is 10.9. The first-order valence-electron chi connectivity index (χ1n) is 4.88. The Morgan fingerprint density at radius 1 is 1.60 bits per heavy atom. The number of hydrogen-bond donors (Lipinski definition) is 1. The molecule has 0 radical (unpaired) electrons. The van der Waals surface area contributed by atoms with Gasteiger partial charge < -0.3 is 5.73 Å². The summed E-state index contributed by atoms with van der Waals surface area (Å²) in [5, 5.41) is 4.06. The first-order valence-corrected chi connectivity index (χ1v) is 6.94. The van der Waals surface area contributed by atoms with Crippen molar-refractivity contribution in [2.45, 2.75) is 25.9 Å². The molecule has 86 valence electrons. The fraction of sp³-hybridized carbons (Fsp3) is 0.667. The number of nitrogens with two attached hydrogens (primary N) is 1. The van der Waals surface area contributed by atoms with Crippen LogP contribution in [0.25, 0.3) is 0 Å². The third kappa shape index (κ3) is 4.01. The molecule has 1 aromatic heterocycles. The van der Waals surface area contributed by atoms with Crippen LogP contribution >= 0.6 is 0 Å². The third-order valence-electron chi connectivity index (χ3n) is 2.21. The number of hydrogen-bond acceptors (Lipinski definition) is 4. The number of nitrogens with zero attached hydrogens (tertiary/aromatic N) is 2. The van der Waals surface area contributed by atoms with Crippen LogP contribution in [0.4, 0.5) is 0 Å². The molecule has 0 fully saturated rings. The molecule has 5 nitrogen and oxygen atoms in total. The van der Waals surface area contributed by atoms with Crippen LogP contribution in [0.1, 0.15) is 24.9 Å². The minimum Gasteiger partial charge on any atom is -0.324 e. The van der Waals surface area contributed by atoms with Crippen molar-refractivity contribution in [1.82, 2.24) is 9.78 Å². The molecule has 2 N–H and O–H groups in total. The maximum atomic E-state index is 10.9. The highest BCUT2D eigenvalue weighted by molar-refractivity contribution is 7.90. The van der Waals surface area contributed by atoms with Gasteiger partial charge in [-0.2, -0.15) is 5.10 Å². The average molecular weight is 231 g/mol. The normalized spacial score (nSPS) is 14.1. The van der Waals surface area contributed by atoms with Crippen LogP contribution in [-0.4, -0.2) is 30.2 Å². The zero-order valence-electron chi connectivity index (χ0n) is 9.05. The second kappa shape index (κ2) is 4.76. The van der Waals surface area contributed by atoms with Crippen LogP contribution in [0, 0.1) is 0 Å². The molecule has 0 amide bonds. The molecule has 1 aromatic rings. The topological polar surface area (TPSA) is 78.0 Å². The van der Waals surface area contributed by atoms with Crippen molar-refractivity contribution in [3.05, 3.63) is 18.0 Å². The summed E-state index contributed by atoms with van der Waals surface area (Å²) >= 11 is 0. The second-order valence-electron chi connectivity index (χ2n) is 3.68. The zero-order chi connectivity index (χ0) is 11.5. The molecule has 0 spiro atoms. The van der Waals surface area contributed by atoms with Crippen LogP contribution < -0.4 is 5.73 Å². The number of sulfone groups is 1. The SMILES string of the molecule is CCC(N)c1cnn(CCS(C)(=O)=O)c1. The predicted octanol–water partition coefficient (Wildman–Crippen LogP) is 0.337. The van der Waals surface area contributed by atoms with Gasteiger partial charge in [0.15, 0.2) is 0 Å². The Balaban J connectivity index is 2.61. The highest BCUT2D eigenvalue weighted by atomic mass is 32.2. The van der Waals surface area contributed by atoms with Gasteiger partial charge in [-0.05, 0) is 6.42 Å². The molecule has 1 atom stereocenters. The van der Waals surface area contributed by atoms with Crippen LogP contribution in [-0.2, 0) is 16.4 Å². The van der Waals surface area contributed by atoms with E-state index in [1.165, 1.54) is 6.26 Å². The minimum absolute atomic E-state index is 0.0167. The smallest absolute Gasteiger partial charge is 0.149 e. The van der Waals surface area contributed by atoms with E-state index in [1.807, 2.05) is 6.92 Å². The van der Waals surface area contributed by atoms with E-state index in [9.17, 15) is 8.42 Å². The highest BCUT2D eigenvalue weighted by Crippen LogP contribution is 2.11. The quantitative estimate of drug-likeness (QED) is 0.792. The van der Waals surface area contributed by atoms with Gasteiger partial charge in [-0.3, -0.25) is 4.68 Å². The Labute approximate surface area is 90.2 Å². The lowest BCUT2D eigenvalue weighted by molar-refractivity contribution is 0.585. The van der Waals surface area contributed by atoms with Gasteiger partial charge in [-0.25, -0.2) is 8.42 Å². The zero-order valence-corrected chi connectivity index (χ0v) is 9.87. The van der Waals surface area contributed by atoms with Gasteiger partial charge in [0.05, 0.1) is 18.5 Å².